The van der Waals surface area contributed by atoms with Gasteiger partial charge in [0.15, 0.2) is 0 Å². The van der Waals surface area contributed by atoms with Crippen LogP contribution < -0.4 is 5.43 Å². The lowest BCUT2D eigenvalue weighted by molar-refractivity contribution is -0.385. The molecule has 0 atom stereocenters. The number of nitrogens with zero attached hydrogens (tertiary/aromatic N) is 4. The molecule has 30 heavy (non-hydrogen) atoms. The van der Waals surface area contributed by atoms with E-state index < -0.39 is 19.9 Å². The van der Waals surface area contributed by atoms with Crippen LogP contribution in [0.2, 0.25) is 0 Å². The zero-order valence-electron chi connectivity index (χ0n) is 15.5. The van der Waals surface area contributed by atoms with Crippen molar-refractivity contribution < 1.29 is 23.0 Å². The van der Waals surface area contributed by atoms with Crippen molar-refractivity contribution in [3.8, 4) is 0 Å². The molecule has 0 saturated carbocycles. The summed E-state index contributed by atoms with van der Waals surface area (Å²) in [7, 11) is -4.04. The lowest BCUT2D eigenvalue weighted by Crippen LogP contribution is -2.40. The van der Waals surface area contributed by atoms with E-state index in [4.69, 9.17) is 4.74 Å². The number of nitro groups is 2. The lowest BCUT2D eigenvalue weighted by Gasteiger charge is -2.26. The molecule has 13 heteroatoms. The van der Waals surface area contributed by atoms with E-state index in [1.54, 1.807) is 6.07 Å². The van der Waals surface area contributed by atoms with Gasteiger partial charge < -0.3 is 4.74 Å². The lowest BCUT2D eigenvalue weighted by atomic mass is 10.2. The molecule has 1 aliphatic heterocycles. The van der Waals surface area contributed by atoms with E-state index in [0.29, 0.717) is 5.56 Å². The molecule has 3 rings (SSSR count). The third-order valence-corrected chi connectivity index (χ3v) is 6.18. The van der Waals surface area contributed by atoms with Gasteiger partial charge in [-0.25, -0.2) is 8.42 Å². The Morgan fingerprint density at radius 3 is 2.37 bits per heavy atom. The number of sulfonamides is 1. The third-order valence-electron chi connectivity index (χ3n) is 4.24. The quantitative estimate of drug-likeness (QED) is 0.393. The van der Waals surface area contributed by atoms with Crippen molar-refractivity contribution in [2.45, 2.75) is 4.90 Å². The van der Waals surface area contributed by atoms with E-state index in [0.717, 1.165) is 12.1 Å². The fourth-order valence-electron chi connectivity index (χ4n) is 2.75. The van der Waals surface area contributed by atoms with Crippen LogP contribution in [0.15, 0.2) is 52.5 Å². The van der Waals surface area contributed by atoms with E-state index in [9.17, 15) is 28.6 Å². The molecule has 0 aromatic heterocycles. The number of hydrazone groups is 1. The van der Waals surface area contributed by atoms with Gasteiger partial charge >= 0.3 is 0 Å². The zero-order chi connectivity index (χ0) is 21.7. The van der Waals surface area contributed by atoms with Gasteiger partial charge in [0.05, 0.1) is 35.0 Å². The van der Waals surface area contributed by atoms with E-state index in [-0.39, 0.29) is 48.3 Å². The third kappa shape index (κ3) is 4.76. The number of nitrogens with one attached hydrogen (secondary N) is 1. The molecule has 1 aliphatic rings. The Balaban J connectivity index is 1.91. The topological polar surface area (TPSA) is 157 Å². The SMILES string of the molecule is O=[N+]([O-])c1cccc(C=NNc2ccc([N+](=O)[O-])cc2S(=O)(=O)N2CCOCC2)c1. The van der Waals surface area contributed by atoms with E-state index in [1.165, 1.54) is 34.8 Å². The van der Waals surface area contributed by atoms with Gasteiger partial charge in [0.25, 0.3) is 11.4 Å². The average Bonchev–Trinajstić information content (AvgIpc) is 2.74. The Hall–Kier alpha value is -3.42. The first kappa shape index (κ1) is 21.3. The summed E-state index contributed by atoms with van der Waals surface area (Å²) in [6, 6.07) is 9.06. The summed E-state index contributed by atoms with van der Waals surface area (Å²) in [5, 5.41) is 25.9. The molecular formula is C17H17N5O7S. The Morgan fingerprint density at radius 1 is 1.03 bits per heavy atom. The fraction of sp³-hybridized carbons (Fsp3) is 0.235. The minimum Gasteiger partial charge on any atom is -0.379 e. The molecule has 158 valence electrons. The van der Waals surface area contributed by atoms with Crippen molar-refractivity contribution >= 4 is 33.3 Å². The highest BCUT2D eigenvalue weighted by Gasteiger charge is 2.30. The van der Waals surface area contributed by atoms with Crippen molar-refractivity contribution in [1.82, 2.24) is 4.31 Å². The van der Waals surface area contributed by atoms with Gasteiger partial charge in [-0.1, -0.05) is 12.1 Å². The Bertz CT molecular complexity index is 1100. The molecule has 1 N–H and O–H groups in total. The maximum absolute atomic E-state index is 13.0. The maximum atomic E-state index is 13.0. The normalized spacial score (nSPS) is 15.2. The minimum absolute atomic E-state index is 0.0359. The smallest absolute Gasteiger partial charge is 0.270 e. The molecule has 0 aliphatic carbocycles. The van der Waals surface area contributed by atoms with Gasteiger partial charge in [-0.2, -0.15) is 9.41 Å². The van der Waals surface area contributed by atoms with Crippen LogP contribution in [0, 0.1) is 20.2 Å². The standard InChI is InChI=1S/C17H17N5O7S/c23-21(24)14-3-1-2-13(10-14)12-18-19-16-5-4-15(22(25)26)11-17(16)30(27,28)20-6-8-29-9-7-20/h1-5,10-12,19H,6-9H2. The van der Waals surface area contributed by atoms with Gasteiger partial charge in [0.1, 0.15) is 4.90 Å². The molecule has 0 radical (unpaired) electrons. The summed E-state index contributed by atoms with van der Waals surface area (Å²) in [5.74, 6) is 0. The van der Waals surface area contributed by atoms with Crippen LogP contribution in [0.3, 0.4) is 0 Å². The van der Waals surface area contributed by atoms with Crippen molar-refractivity contribution in [1.29, 1.82) is 0 Å². The molecule has 0 spiro atoms. The zero-order valence-corrected chi connectivity index (χ0v) is 16.3. The second-order valence-corrected chi connectivity index (χ2v) is 8.08. The highest BCUT2D eigenvalue weighted by Crippen LogP contribution is 2.29. The van der Waals surface area contributed by atoms with Gasteiger partial charge in [0.2, 0.25) is 10.0 Å². The summed E-state index contributed by atoms with van der Waals surface area (Å²) < 4.78 is 32.4. The van der Waals surface area contributed by atoms with Gasteiger partial charge in [-0.05, 0) is 6.07 Å². The summed E-state index contributed by atoms with van der Waals surface area (Å²) in [6.45, 7) is 0.701. The summed E-state index contributed by atoms with van der Waals surface area (Å²) in [5.41, 5.74) is 2.51. The molecule has 2 aromatic carbocycles. The largest absolute Gasteiger partial charge is 0.379 e. The number of hydrogen-bond donors (Lipinski definition) is 1. The molecule has 0 unspecified atom stereocenters. The first-order chi connectivity index (χ1) is 14.3. The van der Waals surface area contributed by atoms with Crippen molar-refractivity contribution in [2.75, 3.05) is 31.7 Å². The van der Waals surface area contributed by atoms with Crippen molar-refractivity contribution in [2.24, 2.45) is 5.10 Å². The second kappa shape index (κ2) is 8.94. The Morgan fingerprint density at radius 2 is 1.70 bits per heavy atom. The molecule has 1 saturated heterocycles. The van der Waals surface area contributed by atoms with Crippen LogP contribution in [0.4, 0.5) is 17.1 Å². The van der Waals surface area contributed by atoms with E-state index in [1.807, 2.05) is 0 Å². The number of anilines is 1. The molecule has 1 fully saturated rings. The molecular weight excluding hydrogens is 418 g/mol. The number of morpholine rings is 1. The van der Waals surface area contributed by atoms with Gasteiger partial charge in [-0.15, -0.1) is 0 Å². The molecule has 2 aromatic rings. The number of ether oxygens (including phenoxy) is 1. The number of benzene rings is 2. The summed E-state index contributed by atoms with van der Waals surface area (Å²) >= 11 is 0. The summed E-state index contributed by atoms with van der Waals surface area (Å²) in [4.78, 5) is 20.4. The van der Waals surface area contributed by atoms with Crippen molar-refractivity contribution in [3.05, 3.63) is 68.3 Å². The number of hydrogen-bond acceptors (Lipinski definition) is 9. The number of rotatable bonds is 7. The average molecular weight is 435 g/mol. The first-order valence-electron chi connectivity index (χ1n) is 8.69. The van der Waals surface area contributed by atoms with E-state index >= 15 is 0 Å². The van der Waals surface area contributed by atoms with Crippen LogP contribution in [0.5, 0.6) is 0 Å². The molecule has 0 bridgehead atoms. The van der Waals surface area contributed by atoms with Gasteiger partial charge in [0, 0.05) is 42.9 Å². The van der Waals surface area contributed by atoms with Crippen LogP contribution in [-0.2, 0) is 14.8 Å². The Labute approximate surface area is 171 Å². The summed E-state index contributed by atoms with van der Waals surface area (Å²) in [6.07, 6.45) is 1.28. The van der Waals surface area contributed by atoms with Gasteiger partial charge in [-0.3, -0.25) is 25.7 Å². The van der Waals surface area contributed by atoms with Crippen molar-refractivity contribution in [3.63, 3.8) is 0 Å². The monoisotopic (exact) mass is 435 g/mol. The predicted octanol–water partition coefficient (Wildman–Crippen LogP) is 1.97. The molecule has 0 amide bonds. The van der Waals surface area contributed by atoms with Crippen LogP contribution >= 0.6 is 0 Å². The second-order valence-electron chi connectivity index (χ2n) is 6.18. The highest BCUT2D eigenvalue weighted by atomic mass is 32.2. The maximum Gasteiger partial charge on any atom is 0.270 e. The molecule has 1 heterocycles. The fourth-order valence-corrected chi connectivity index (χ4v) is 4.32. The van der Waals surface area contributed by atoms with Crippen LogP contribution in [0.1, 0.15) is 5.56 Å². The van der Waals surface area contributed by atoms with Crippen LogP contribution in [-0.4, -0.2) is 55.1 Å². The number of non-ortho nitro benzene ring substituents is 2. The minimum atomic E-state index is -4.04. The highest BCUT2D eigenvalue weighted by molar-refractivity contribution is 7.89. The number of nitro benzene ring substituents is 2. The van der Waals surface area contributed by atoms with E-state index in [2.05, 4.69) is 10.5 Å². The van der Waals surface area contributed by atoms with Crippen LogP contribution in [0.25, 0.3) is 0 Å². The predicted molar refractivity (Wildman–Crippen MR) is 107 cm³/mol. The Kier molecular flexibility index (Phi) is 6.34. The molecule has 12 nitrogen and oxygen atoms in total. The first-order valence-corrected chi connectivity index (χ1v) is 10.1.